The van der Waals surface area contributed by atoms with E-state index in [0.717, 1.165) is 70.6 Å². The summed E-state index contributed by atoms with van der Waals surface area (Å²) >= 11 is 0. The molecule has 3 unspecified atom stereocenters. The normalized spacial score (nSPS) is 14.0. The lowest BCUT2D eigenvalue weighted by atomic mass is 10.0. The van der Waals surface area contributed by atoms with Crippen molar-refractivity contribution in [3.05, 3.63) is 36.5 Å². The summed E-state index contributed by atoms with van der Waals surface area (Å²) in [6.07, 6.45) is 51.2. The maximum atomic E-state index is 12.4. The SMILES string of the molecule is CC/C=C\C/C=C\C/C=C\CCCCCCCCCC(=O)OC(CO)COP(=O)(O)OCC(CO)OC(=O)CCCCCCCCCCCCCCCCCCCCCCCC. The summed E-state index contributed by atoms with van der Waals surface area (Å²) in [5, 5.41) is 19.2. The highest BCUT2D eigenvalue weighted by molar-refractivity contribution is 7.47. The van der Waals surface area contributed by atoms with Crippen molar-refractivity contribution >= 4 is 19.8 Å². The number of allylic oxidation sites excluding steroid dienone is 6. The first kappa shape index (κ1) is 60.2. The lowest BCUT2D eigenvalue weighted by Crippen LogP contribution is -2.28. The summed E-state index contributed by atoms with van der Waals surface area (Å²) in [6, 6.07) is 0. The fourth-order valence-corrected chi connectivity index (χ4v) is 8.03. The van der Waals surface area contributed by atoms with Crippen LogP contribution in [0, 0.1) is 0 Å². The van der Waals surface area contributed by atoms with E-state index in [-0.39, 0.29) is 12.8 Å². The number of carbonyl (C=O) groups is 2. The quantitative estimate of drug-likeness (QED) is 0.0233. The largest absolute Gasteiger partial charge is 0.472 e. The summed E-state index contributed by atoms with van der Waals surface area (Å²) in [5.74, 6) is -1.02. The third kappa shape index (κ3) is 44.8. The van der Waals surface area contributed by atoms with Gasteiger partial charge in [-0.1, -0.05) is 217 Å². The molecule has 10 nitrogen and oxygen atoms in total. The van der Waals surface area contributed by atoms with E-state index in [2.05, 4.69) is 50.3 Å². The standard InChI is InChI=1S/C51H95O10P/c1-3-5-7-9-11-13-15-17-19-21-22-23-24-25-27-29-31-33-35-37-39-41-43-51(55)61-49(45-53)47-59-62(56,57)58-46-48(44-52)60-50(54)42-40-38-36-34-32-30-28-26-20-18-16-14-12-10-8-6-4-2/h6,8,12,14,18,20,48-49,52-53H,3-5,7,9-11,13,15-17,19,21-47H2,1-2H3,(H,56,57)/b8-6-,14-12-,20-18-. The van der Waals surface area contributed by atoms with E-state index in [9.17, 15) is 29.3 Å². The first-order valence-electron chi connectivity index (χ1n) is 25.4. The second-order valence-corrected chi connectivity index (χ2v) is 18.6. The van der Waals surface area contributed by atoms with Gasteiger partial charge in [0.05, 0.1) is 26.4 Å². The maximum Gasteiger partial charge on any atom is 0.472 e. The second kappa shape index (κ2) is 47.2. The molecule has 364 valence electrons. The molecule has 0 saturated carbocycles. The van der Waals surface area contributed by atoms with Gasteiger partial charge in [-0.2, -0.15) is 0 Å². The van der Waals surface area contributed by atoms with Crippen molar-refractivity contribution in [3.8, 4) is 0 Å². The molecule has 0 spiro atoms. The maximum absolute atomic E-state index is 12.4. The zero-order valence-electron chi connectivity index (χ0n) is 39.8. The minimum absolute atomic E-state index is 0.182. The molecule has 0 rings (SSSR count). The number of aliphatic hydroxyl groups is 2. The molecule has 0 fully saturated rings. The highest BCUT2D eigenvalue weighted by Crippen LogP contribution is 2.43. The molecule has 0 aromatic rings. The van der Waals surface area contributed by atoms with Crippen LogP contribution in [0.15, 0.2) is 36.5 Å². The number of carbonyl (C=O) groups excluding carboxylic acids is 2. The fourth-order valence-electron chi connectivity index (χ4n) is 7.25. The van der Waals surface area contributed by atoms with E-state index < -0.39 is 58.4 Å². The third-order valence-corrected chi connectivity index (χ3v) is 12.1. The fraction of sp³-hybridized carbons (Fsp3) is 0.843. The Balaban J connectivity index is 3.81. The molecule has 3 atom stereocenters. The Labute approximate surface area is 380 Å². The number of rotatable bonds is 48. The van der Waals surface area contributed by atoms with Gasteiger partial charge < -0.3 is 24.6 Å². The number of aliphatic hydroxyl groups excluding tert-OH is 2. The van der Waals surface area contributed by atoms with Crippen molar-refractivity contribution in [2.24, 2.45) is 0 Å². The van der Waals surface area contributed by atoms with Gasteiger partial charge in [-0.05, 0) is 44.9 Å². The smallest absolute Gasteiger partial charge is 0.457 e. The van der Waals surface area contributed by atoms with Crippen LogP contribution in [-0.2, 0) is 32.7 Å². The van der Waals surface area contributed by atoms with Crippen LogP contribution in [0.25, 0.3) is 0 Å². The molecular weight excluding hydrogens is 804 g/mol. The zero-order chi connectivity index (χ0) is 45.5. The van der Waals surface area contributed by atoms with Gasteiger partial charge in [0.15, 0.2) is 0 Å². The Morgan fingerprint density at radius 3 is 1.10 bits per heavy atom. The highest BCUT2D eigenvalue weighted by atomic mass is 31.2. The van der Waals surface area contributed by atoms with Crippen LogP contribution in [0.5, 0.6) is 0 Å². The molecule has 3 N–H and O–H groups in total. The molecule has 11 heteroatoms. The molecule has 0 heterocycles. The van der Waals surface area contributed by atoms with Crippen molar-refractivity contribution in [2.45, 2.75) is 251 Å². The van der Waals surface area contributed by atoms with E-state index in [1.54, 1.807) is 0 Å². The number of ether oxygens (including phenoxy) is 2. The molecular formula is C51H95O10P. The third-order valence-electron chi connectivity index (χ3n) is 11.1. The van der Waals surface area contributed by atoms with Gasteiger partial charge in [0.25, 0.3) is 0 Å². The molecule has 62 heavy (non-hydrogen) atoms. The lowest BCUT2D eigenvalue weighted by Gasteiger charge is -2.20. The Kier molecular flexibility index (Phi) is 45.8. The van der Waals surface area contributed by atoms with Crippen LogP contribution in [0.4, 0.5) is 0 Å². The second-order valence-electron chi connectivity index (χ2n) is 17.1. The molecule has 0 bridgehead atoms. The van der Waals surface area contributed by atoms with Gasteiger partial charge in [-0.25, -0.2) is 4.57 Å². The van der Waals surface area contributed by atoms with E-state index in [1.807, 2.05) is 0 Å². The molecule has 0 aromatic carbocycles. The number of unbranched alkanes of at least 4 members (excludes halogenated alkanes) is 28. The minimum Gasteiger partial charge on any atom is -0.457 e. The van der Waals surface area contributed by atoms with Crippen molar-refractivity contribution in [2.75, 3.05) is 26.4 Å². The molecule has 0 aliphatic carbocycles. The van der Waals surface area contributed by atoms with Gasteiger partial charge in [-0.3, -0.25) is 18.6 Å². The number of hydrogen-bond donors (Lipinski definition) is 3. The van der Waals surface area contributed by atoms with E-state index in [0.29, 0.717) is 12.8 Å². The van der Waals surface area contributed by atoms with Crippen molar-refractivity contribution in [3.63, 3.8) is 0 Å². The molecule has 0 aliphatic rings. The van der Waals surface area contributed by atoms with Gasteiger partial charge in [0, 0.05) is 12.8 Å². The van der Waals surface area contributed by atoms with E-state index >= 15 is 0 Å². The van der Waals surface area contributed by atoms with Crippen LogP contribution in [0.1, 0.15) is 239 Å². The summed E-state index contributed by atoms with van der Waals surface area (Å²) in [6.45, 7) is 2.13. The Hall–Kier alpha value is -1.81. The summed E-state index contributed by atoms with van der Waals surface area (Å²) in [5.41, 5.74) is 0. The van der Waals surface area contributed by atoms with E-state index in [4.69, 9.17) is 18.5 Å². The average molecular weight is 899 g/mol. The Bertz CT molecular complexity index is 1130. The van der Waals surface area contributed by atoms with E-state index in [1.165, 1.54) is 128 Å². The summed E-state index contributed by atoms with van der Waals surface area (Å²) in [4.78, 5) is 34.7. The molecule has 0 saturated heterocycles. The summed E-state index contributed by atoms with van der Waals surface area (Å²) < 4.78 is 32.7. The van der Waals surface area contributed by atoms with Crippen molar-refractivity contribution in [1.82, 2.24) is 0 Å². The minimum atomic E-state index is -4.64. The van der Waals surface area contributed by atoms with Crippen molar-refractivity contribution < 1.29 is 47.8 Å². The average Bonchev–Trinajstić information content (AvgIpc) is 3.26. The highest BCUT2D eigenvalue weighted by Gasteiger charge is 2.27. The predicted molar refractivity (Wildman–Crippen MR) is 256 cm³/mol. The van der Waals surface area contributed by atoms with Gasteiger partial charge >= 0.3 is 19.8 Å². The number of esters is 2. The first-order valence-corrected chi connectivity index (χ1v) is 26.9. The van der Waals surface area contributed by atoms with Gasteiger partial charge in [0.2, 0.25) is 0 Å². The number of hydrogen-bond acceptors (Lipinski definition) is 9. The predicted octanol–water partition coefficient (Wildman–Crippen LogP) is 14.3. The van der Waals surface area contributed by atoms with Crippen LogP contribution in [0.3, 0.4) is 0 Å². The molecule has 0 aromatic heterocycles. The molecule has 0 aliphatic heterocycles. The zero-order valence-corrected chi connectivity index (χ0v) is 40.7. The topological polar surface area (TPSA) is 149 Å². The first-order chi connectivity index (χ1) is 30.3. The Morgan fingerprint density at radius 2 is 0.758 bits per heavy atom. The molecule has 0 radical (unpaired) electrons. The summed E-state index contributed by atoms with van der Waals surface area (Å²) in [7, 11) is -4.64. The monoisotopic (exact) mass is 899 g/mol. The van der Waals surface area contributed by atoms with Gasteiger partial charge in [0.1, 0.15) is 12.2 Å². The van der Waals surface area contributed by atoms with Crippen molar-refractivity contribution in [1.29, 1.82) is 0 Å². The van der Waals surface area contributed by atoms with Crippen LogP contribution in [0.2, 0.25) is 0 Å². The van der Waals surface area contributed by atoms with Crippen LogP contribution >= 0.6 is 7.82 Å². The van der Waals surface area contributed by atoms with Gasteiger partial charge in [-0.15, -0.1) is 0 Å². The van der Waals surface area contributed by atoms with Crippen LogP contribution < -0.4 is 0 Å². The van der Waals surface area contributed by atoms with Crippen LogP contribution in [-0.4, -0.2) is 65.7 Å². The number of phosphoric ester groups is 1. The number of phosphoric acid groups is 1. The lowest BCUT2D eigenvalue weighted by molar-refractivity contribution is -0.153. The molecule has 0 amide bonds. The Morgan fingerprint density at radius 1 is 0.452 bits per heavy atom.